The number of fused-ring (bicyclic) bond motifs is 1. The summed E-state index contributed by atoms with van der Waals surface area (Å²) in [6.45, 7) is 1.30. The van der Waals surface area contributed by atoms with Crippen LogP contribution in [0.5, 0.6) is 11.5 Å². The Hall–Kier alpha value is -2.30. The highest BCUT2D eigenvalue weighted by Gasteiger charge is 2.31. The average Bonchev–Trinajstić information content (AvgIpc) is 3.13. The van der Waals surface area contributed by atoms with Crippen LogP contribution in [-0.4, -0.2) is 25.1 Å². The lowest BCUT2D eigenvalue weighted by Gasteiger charge is -2.07. The predicted molar refractivity (Wildman–Crippen MR) is 85.5 cm³/mol. The van der Waals surface area contributed by atoms with Crippen LogP contribution in [0.25, 0.3) is 6.08 Å². The molecule has 1 aromatic rings. The number of esters is 1. The third-order valence-corrected chi connectivity index (χ3v) is 4.42. The maximum Gasteiger partial charge on any atom is 0.363 e. The van der Waals surface area contributed by atoms with E-state index in [1.165, 1.54) is 12.8 Å². The van der Waals surface area contributed by atoms with Crippen molar-refractivity contribution in [1.29, 1.82) is 0 Å². The second-order valence-corrected chi connectivity index (χ2v) is 6.11. The molecule has 2 heterocycles. The zero-order valence-corrected chi connectivity index (χ0v) is 12.9. The molecule has 2 aliphatic heterocycles. The number of aliphatic imine (C=N–C) groups is 1. The van der Waals surface area contributed by atoms with Gasteiger partial charge in [-0.25, -0.2) is 9.79 Å². The molecule has 0 N–H and O–H groups in total. The fraction of sp³-hybridized carbons (Fsp3) is 0.444. The van der Waals surface area contributed by atoms with Gasteiger partial charge < -0.3 is 14.2 Å². The molecule has 1 fully saturated rings. The fourth-order valence-corrected chi connectivity index (χ4v) is 3.20. The number of carbonyl (C=O) groups is 1. The van der Waals surface area contributed by atoms with Crippen LogP contribution in [0.1, 0.15) is 37.7 Å². The molecule has 5 nitrogen and oxygen atoms in total. The van der Waals surface area contributed by atoms with Gasteiger partial charge in [0, 0.05) is 12.3 Å². The minimum atomic E-state index is -0.362. The quantitative estimate of drug-likeness (QED) is 0.621. The second-order valence-electron chi connectivity index (χ2n) is 6.11. The Morgan fingerprint density at radius 2 is 1.83 bits per heavy atom. The van der Waals surface area contributed by atoms with Crippen LogP contribution in [-0.2, 0) is 9.53 Å². The highest BCUT2D eigenvalue weighted by atomic mass is 16.6. The van der Waals surface area contributed by atoms with E-state index in [9.17, 15) is 4.79 Å². The van der Waals surface area contributed by atoms with Gasteiger partial charge in [0.25, 0.3) is 0 Å². The largest absolute Gasteiger partial charge is 0.490 e. The second kappa shape index (κ2) is 6.07. The smallest absolute Gasteiger partial charge is 0.363 e. The van der Waals surface area contributed by atoms with Crippen LogP contribution < -0.4 is 9.47 Å². The van der Waals surface area contributed by atoms with Gasteiger partial charge in [0.05, 0.1) is 13.2 Å². The third kappa shape index (κ3) is 2.96. The Morgan fingerprint density at radius 3 is 2.65 bits per heavy atom. The van der Waals surface area contributed by atoms with E-state index in [2.05, 4.69) is 4.99 Å². The number of ether oxygens (including phenoxy) is 3. The summed E-state index contributed by atoms with van der Waals surface area (Å²) in [5.74, 6) is 1.98. The van der Waals surface area contributed by atoms with Gasteiger partial charge >= 0.3 is 5.97 Å². The Balaban J connectivity index is 1.59. The summed E-state index contributed by atoms with van der Waals surface area (Å²) < 4.78 is 16.6. The van der Waals surface area contributed by atoms with Gasteiger partial charge in [-0.05, 0) is 36.6 Å². The first-order chi connectivity index (χ1) is 11.3. The molecule has 0 amide bonds. The minimum Gasteiger partial charge on any atom is -0.490 e. The van der Waals surface area contributed by atoms with Crippen molar-refractivity contribution in [2.75, 3.05) is 13.2 Å². The summed E-state index contributed by atoms with van der Waals surface area (Å²) in [7, 11) is 0. The Bertz CT molecular complexity index is 686. The maximum absolute atomic E-state index is 12.0. The minimum absolute atomic E-state index is 0.300. The molecule has 5 heteroatoms. The van der Waals surface area contributed by atoms with Gasteiger partial charge in [-0.1, -0.05) is 18.9 Å². The summed E-state index contributed by atoms with van der Waals surface area (Å²) in [5.41, 5.74) is 1.22. The van der Waals surface area contributed by atoms with E-state index < -0.39 is 0 Å². The summed E-state index contributed by atoms with van der Waals surface area (Å²) in [6.07, 6.45) is 7.10. The molecule has 0 radical (unpaired) electrons. The van der Waals surface area contributed by atoms with Crippen LogP contribution in [0.4, 0.5) is 0 Å². The Morgan fingerprint density at radius 1 is 1.04 bits per heavy atom. The predicted octanol–water partition coefficient (Wildman–Crippen LogP) is 3.33. The highest BCUT2D eigenvalue weighted by Crippen LogP contribution is 2.33. The molecule has 0 saturated heterocycles. The van der Waals surface area contributed by atoms with E-state index in [0.717, 1.165) is 30.6 Å². The maximum atomic E-state index is 12.0. The molecule has 0 spiro atoms. The topological polar surface area (TPSA) is 57.1 Å². The van der Waals surface area contributed by atoms with E-state index in [4.69, 9.17) is 14.2 Å². The van der Waals surface area contributed by atoms with Gasteiger partial charge in [0.15, 0.2) is 17.2 Å². The normalized spacial score (nSPS) is 22.9. The van der Waals surface area contributed by atoms with E-state index in [0.29, 0.717) is 36.5 Å². The average molecular weight is 313 g/mol. The molecule has 3 aliphatic rings. The summed E-state index contributed by atoms with van der Waals surface area (Å²) in [5, 5.41) is 0. The molecule has 0 unspecified atom stereocenters. The number of hydrogen-bond acceptors (Lipinski definition) is 5. The van der Waals surface area contributed by atoms with Crippen LogP contribution >= 0.6 is 0 Å². The van der Waals surface area contributed by atoms with Gasteiger partial charge in [-0.2, -0.15) is 0 Å². The third-order valence-electron chi connectivity index (χ3n) is 4.42. The molecule has 120 valence electrons. The van der Waals surface area contributed by atoms with Crippen molar-refractivity contribution >= 4 is 17.9 Å². The number of carbonyl (C=O) groups excluding carboxylic acids is 1. The lowest BCUT2D eigenvalue weighted by Crippen LogP contribution is -2.12. The molecule has 1 saturated carbocycles. The highest BCUT2D eigenvalue weighted by molar-refractivity contribution is 6.07. The fourth-order valence-electron chi connectivity index (χ4n) is 3.20. The van der Waals surface area contributed by atoms with Crippen LogP contribution in [0, 0.1) is 5.92 Å². The Labute approximate surface area is 135 Å². The van der Waals surface area contributed by atoms with Gasteiger partial charge in [0.2, 0.25) is 5.90 Å². The summed E-state index contributed by atoms with van der Waals surface area (Å²) in [6, 6.07) is 5.65. The lowest BCUT2D eigenvalue weighted by molar-refractivity contribution is -0.130. The monoisotopic (exact) mass is 313 g/mol. The molecule has 1 aliphatic carbocycles. The molecule has 23 heavy (non-hydrogen) atoms. The van der Waals surface area contributed by atoms with Crippen LogP contribution in [0.15, 0.2) is 28.9 Å². The van der Waals surface area contributed by atoms with Crippen molar-refractivity contribution < 1.29 is 19.0 Å². The molecule has 0 atom stereocenters. The lowest BCUT2D eigenvalue weighted by atomic mass is 10.1. The van der Waals surface area contributed by atoms with Crippen molar-refractivity contribution in [3.05, 3.63) is 29.5 Å². The van der Waals surface area contributed by atoms with Crippen molar-refractivity contribution in [3.63, 3.8) is 0 Å². The summed E-state index contributed by atoms with van der Waals surface area (Å²) >= 11 is 0. The first kappa shape index (κ1) is 14.3. The van der Waals surface area contributed by atoms with Gasteiger partial charge in [-0.15, -0.1) is 0 Å². The SMILES string of the molecule is O=C1OC(C2CCCC2)=N/C1=C/c1ccc2c(c1)OCCCO2. The zero-order chi connectivity index (χ0) is 15.6. The van der Waals surface area contributed by atoms with Crippen molar-refractivity contribution in [2.45, 2.75) is 32.1 Å². The molecule has 1 aromatic carbocycles. The number of nitrogens with zero attached hydrogens (tertiary/aromatic N) is 1. The van der Waals surface area contributed by atoms with E-state index >= 15 is 0 Å². The first-order valence-corrected chi connectivity index (χ1v) is 8.22. The van der Waals surface area contributed by atoms with Crippen LogP contribution in [0.2, 0.25) is 0 Å². The number of benzene rings is 1. The molecule has 0 aromatic heterocycles. The van der Waals surface area contributed by atoms with Gasteiger partial charge in [-0.3, -0.25) is 0 Å². The number of hydrogen-bond donors (Lipinski definition) is 0. The standard InChI is InChI=1S/C18H19NO4/c20-18-14(19-17(23-18)13-4-1-2-5-13)10-12-6-7-15-16(11-12)22-9-3-8-21-15/h6-7,10-11,13H,1-5,8-9H2/b14-10+. The van der Waals surface area contributed by atoms with E-state index in [1.807, 2.05) is 18.2 Å². The molecular formula is C18H19NO4. The first-order valence-electron chi connectivity index (χ1n) is 8.22. The Kier molecular flexibility index (Phi) is 3.77. The molecule has 0 bridgehead atoms. The number of cyclic esters (lactones) is 1. The van der Waals surface area contributed by atoms with E-state index in [-0.39, 0.29) is 5.97 Å². The van der Waals surface area contributed by atoms with Crippen molar-refractivity contribution in [3.8, 4) is 11.5 Å². The number of rotatable bonds is 2. The van der Waals surface area contributed by atoms with Gasteiger partial charge in [0.1, 0.15) is 0 Å². The van der Waals surface area contributed by atoms with E-state index in [1.54, 1.807) is 6.08 Å². The van der Waals surface area contributed by atoms with Crippen molar-refractivity contribution in [2.24, 2.45) is 10.9 Å². The molecular weight excluding hydrogens is 294 g/mol. The zero-order valence-electron chi connectivity index (χ0n) is 12.9. The van der Waals surface area contributed by atoms with Crippen LogP contribution in [0.3, 0.4) is 0 Å². The summed E-state index contributed by atoms with van der Waals surface area (Å²) in [4.78, 5) is 16.4. The molecule has 4 rings (SSSR count). The van der Waals surface area contributed by atoms with Crippen molar-refractivity contribution in [1.82, 2.24) is 0 Å².